The molecule has 0 saturated heterocycles. The molecule has 6 heteroatoms. The third-order valence-electron chi connectivity index (χ3n) is 4.54. The van der Waals surface area contributed by atoms with Gasteiger partial charge in [-0.1, -0.05) is 18.5 Å². The molecule has 0 spiro atoms. The molecular formula is C22H21ClO5. The number of hydrogen-bond acceptors (Lipinski definition) is 5. The molecule has 0 N–H and O–H groups in total. The lowest BCUT2D eigenvalue weighted by molar-refractivity contribution is -0.141. The van der Waals surface area contributed by atoms with Gasteiger partial charge in [0.05, 0.1) is 12.5 Å². The molecule has 0 aliphatic carbocycles. The van der Waals surface area contributed by atoms with Crippen molar-refractivity contribution < 1.29 is 23.8 Å². The molecule has 0 aromatic heterocycles. The van der Waals surface area contributed by atoms with E-state index in [0.717, 1.165) is 0 Å². The molecule has 2 atom stereocenters. The van der Waals surface area contributed by atoms with Crippen LogP contribution >= 0.6 is 11.6 Å². The summed E-state index contributed by atoms with van der Waals surface area (Å²) in [7, 11) is 0. The van der Waals surface area contributed by atoms with Gasteiger partial charge in [0.25, 0.3) is 0 Å². The van der Waals surface area contributed by atoms with Crippen LogP contribution in [0.4, 0.5) is 0 Å². The summed E-state index contributed by atoms with van der Waals surface area (Å²) in [5.74, 6) is 0.141. The van der Waals surface area contributed by atoms with Crippen molar-refractivity contribution in [1.82, 2.24) is 0 Å². The van der Waals surface area contributed by atoms with E-state index in [0.29, 0.717) is 22.1 Å². The Hall–Kier alpha value is -2.79. The predicted octanol–water partition coefficient (Wildman–Crippen LogP) is 5.03. The Bertz CT molecular complexity index is 900. The minimum absolute atomic E-state index is 0.0428. The minimum Gasteiger partial charge on any atom is -0.488 e. The standard InChI is InChI=1S/C22H21ClO5/c1-4-26-22(25)19-20(24)13(2)14(3)27-21(19)15-5-9-17(10-6-15)28-18-11-7-16(23)8-12-18/h5-14H,4H2,1-3H3. The lowest BCUT2D eigenvalue weighted by Crippen LogP contribution is -2.35. The van der Waals surface area contributed by atoms with Crippen LogP contribution in [0.25, 0.3) is 5.76 Å². The van der Waals surface area contributed by atoms with Crippen molar-refractivity contribution in [3.05, 3.63) is 64.7 Å². The van der Waals surface area contributed by atoms with Crippen LogP contribution in [0, 0.1) is 5.92 Å². The Morgan fingerprint density at radius 1 is 1.04 bits per heavy atom. The van der Waals surface area contributed by atoms with Gasteiger partial charge < -0.3 is 14.2 Å². The number of esters is 1. The van der Waals surface area contributed by atoms with Crippen molar-refractivity contribution in [3.63, 3.8) is 0 Å². The average Bonchev–Trinajstić information content (AvgIpc) is 2.68. The second-order valence-corrected chi connectivity index (χ2v) is 6.92. The lowest BCUT2D eigenvalue weighted by Gasteiger charge is -2.29. The van der Waals surface area contributed by atoms with E-state index in [4.69, 9.17) is 25.8 Å². The third kappa shape index (κ3) is 4.20. The van der Waals surface area contributed by atoms with Gasteiger partial charge >= 0.3 is 5.97 Å². The highest BCUT2D eigenvalue weighted by atomic mass is 35.5. The smallest absolute Gasteiger partial charge is 0.345 e. The molecule has 146 valence electrons. The summed E-state index contributed by atoms with van der Waals surface area (Å²) >= 11 is 5.88. The summed E-state index contributed by atoms with van der Waals surface area (Å²) in [5, 5.41) is 0.628. The fourth-order valence-corrected chi connectivity index (χ4v) is 2.95. The van der Waals surface area contributed by atoms with Crippen LogP contribution in [0.2, 0.25) is 5.02 Å². The number of rotatable bonds is 5. The largest absolute Gasteiger partial charge is 0.488 e. The van der Waals surface area contributed by atoms with Crippen LogP contribution in [-0.2, 0) is 19.1 Å². The van der Waals surface area contributed by atoms with E-state index in [-0.39, 0.29) is 29.8 Å². The fourth-order valence-electron chi connectivity index (χ4n) is 2.82. The fraction of sp³-hybridized carbons (Fsp3) is 0.273. The van der Waals surface area contributed by atoms with Crippen molar-refractivity contribution in [1.29, 1.82) is 0 Å². The monoisotopic (exact) mass is 400 g/mol. The van der Waals surface area contributed by atoms with Gasteiger partial charge in [-0.3, -0.25) is 4.79 Å². The SMILES string of the molecule is CCOC(=O)C1=C(c2ccc(Oc3ccc(Cl)cc3)cc2)OC(C)C(C)C1=O. The molecule has 0 amide bonds. The van der Waals surface area contributed by atoms with Crippen LogP contribution in [0.3, 0.4) is 0 Å². The van der Waals surface area contributed by atoms with Crippen molar-refractivity contribution >= 4 is 29.1 Å². The Kier molecular flexibility index (Phi) is 6.05. The highest BCUT2D eigenvalue weighted by molar-refractivity contribution is 6.30. The molecular weight excluding hydrogens is 380 g/mol. The van der Waals surface area contributed by atoms with Crippen LogP contribution in [0.1, 0.15) is 26.3 Å². The summed E-state index contributed by atoms with van der Waals surface area (Å²) in [6.07, 6.45) is -0.342. The van der Waals surface area contributed by atoms with Crippen LogP contribution in [0.15, 0.2) is 54.1 Å². The highest BCUT2D eigenvalue weighted by Crippen LogP contribution is 2.34. The molecule has 1 aliphatic rings. The number of carbonyl (C=O) groups excluding carboxylic acids is 2. The molecule has 3 rings (SSSR count). The van der Waals surface area contributed by atoms with Gasteiger partial charge in [-0.2, -0.15) is 0 Å². The number of carbonyl (C=O) groups is 2. The number of halogens is 1. The molecule has 0 saturated carbocycles. The van der Waals surface area contributed by atoms with E-state index in [1.54, 1.807) is 62.4 Å². The molecule has 1 aliphatic heterocycles. The van der Waals surface area contributed by atoms with E-state index >= 15 is 0 Å². The maximum Gasteiger partial charge on any atom is 0.345 e. The normalized spacial score (nSPS) is 19.2. The van der Waals surface area contributed by atoms with Gasteiger partial charge in [0.15, 0.2) is 5.78 Å². The van der Waals surface area contributed by atoms with Gasteiger partial charge in [0, 0.05) is 10.6 Å². The zero-order valence-electron chi connectivity index (χ0n) is 15.9. The summed E-state index contributed by atoms with van der Waals surface area (Å²) in [6.45, 7) is 5.43. The van der Waals surface area contributed by atoms with E-state index in [1.807, 2.05) is 6.92 Å². The van der Waals surface area contributed by atoms with Crippen LogP contribution < -0.4 is 4.74 Å². The van der Waals surface area contributed by atoms with Gasteiger partial charge in [0.1, 0.15) is 28.9 Å². The predicted molar refractivity (Wildman–Crippen MR) is 106 cm³/mol. The first-order valence-electron chi connectivity index (χ1n) is 9.06. The minimum atomic E-state index is -0.664. The number of Topliss-reactive ketones (excluding diaryl/α,β-unsaturated/α-hetero) is 1. The number of ether oxygens (including phenoxy) is 3. The number of hydrogen-bond donors (Lipinski definition) is 0. The summed E-state index contributed by atoms with van der Waals surface area (Å²) < 4.78 is 16.7. The molecule has 2 aromatic carbocycles. The van der Waals surface area contributed by atoms with Gasteiger partial charge in [-0.25, -0.2) is 4.79 Å². The van der Waals surface area contributed by atoms with E-state index in [1.165, 1.54) is 0 Å². The number of benzene rings is 2. The third-order valence-corrected chi connectivity index (χ3v) is 4.79. The molecule has 1 heterocycles. The average molecular weight is 401 g/mol. The second-order valence-electron chi connectivity index (χ2n) is 6.48. The Morgan fingerprint density at radius 3 is 2.18 bits per heavy atom. The van der Waals surface area contributed by atoms with E-state index in [9.17, 15) is 9.59 Å². The summed E-state index contributed by atoms with van der Waals surface area (Å²) in [4.78, 5) is 25.1. The summed E-state index contributed by atoms with van der Waals surface area (Å²) in [5.41, 5.74) is 0.567. The van der Waals surface area contributed by atoms with Crippen molar-refractivity contribution in [2.24, 2.45) is 5.92 Å². The van der Waals surface area contributed by atoms with Gasteiger partial charge in [-0.05, 0) is 62.4 Å². The molecule has 2 aromatic rings. The first kappa shape index (κ1) is 20.0. The number of ketones is 1. The molecule has 0 fully saturated rings. The Morgan fingerprint density at radius 2 is 1.61 bits per heavy atom. The molecule has 0 bridgehead atoms. The maximum absolute atomic E-state index is 12.7. The van der Waals surface area contributed by atoms with E-state index in [2.05, 4.69) is 0 Å². The van der Waals surface area contributed by atoms with Gasteiger partial charge in [0.2, 0.25) is 0 Å². The first-order valence-corrected chi connectivity index (χ1v) is 9.44. The Labute approximate surface area is 168 Å². The van der Waals surface area contributed by atoms with Crippen LogP contribution in [0.5, 0.6) is 11.5 Å². The quantitative estimate of drug-likeness (QED) is 0.520. The highest BCUT2D eigenvalue weighted by Gasteiger charge is 2.38. The van der Waals surface area contributed by atoms with Gasteiger partial charge in [-0.15, -0.1) is 0 Å². The topological polar surface area (TPSA) is 61.8 Å². The molecule has 28 heavy (non-hydrogen) atoms. The second kappa shape index (κ2) is 8.48. The maximum atomic E-state index is 12.7. The zero-order valence-corrected chi connectivity index (χ0v) is 16.7. The van der Waals surface area contributed by atoms with Crippen molar-refractivity contribution in [2.75, 3.05) is 6.61 Å². The van der Waals surface area contributed by atoms with Crippen LogP contribution in [-0.4, -0.2) is 24.5 Å². The first-order chi connectivity index (χ1) is 13.4. The molecule has 5 nitrogen and oxygen atoms in total. The molecule has 0 radical (unpaired) electrons. The molecule has 2 unspecified atom stereocenters. The van der Waals surface area contributed by atoms with Crippen molar-refractivity contribution in [2.45, 2.75) is 26.9 Å². The van der Waals surface area contributed by atoms with Crippen molar-refractivity contribution in [3.8, 4) is 11.5 Å². The Balaban J connectivity index is 1.91. The summed E-state index contributed by atoms with van der Waals surface area (Å²) in [6, 6.07) is 14.0. The zero-order chi connectivity index (χ0) is 20.3. The van der Waals surface area contributed by atoms with E-state index < -0.39 is 11.9 Å². The lowest BCUT2D eigenvalue weighted by atomic mass is 9.89.